The van der Waals surface area contributed by atoms with Gasteiger partial charge in [0.25, 0.3) is 11.8 Å². The number of aryl methyl sites for hydroxylation is 2. The highest BCUT2D eigenvalue weighted by molar-refractivity contribution is 6.03. The molecule has 4 amide bonds. The van der Waals surface area contributed by atoms with Crippen LogP contribution in [0.15, 0.2) is 97.1 Å². The first-order valence-electron chi connectivity index (χ1n) is 17.6. The fourth-order valence-corrected chi connectivity index (χ4v) is 6.95. The van der Waals surface area contributed by atoms with Crippen molar-refractivity contribution in [2.45, 2.75) is 64.5 Å². The van der Waals surface area contributed by atoms with E-state index in [0.717, 1.165) is 47.9 Å². The number of nitrogens with one attached hydrogen (secondary N) is 2. The zero-order chi connectivity index (χ0) is 35.0. The first-order valence-corrected chi connectivity index (χ1v) is 17.6. The first kappa shape index (κ1) is 34.4. The fraction of sp³-hybridized carbons (Fsp3) is 0.286. The van der Waals surface area contributed by atoms with Gasteiger partial charge in [-0.05, 0) is 97.2 Å². The van der Waals surface area contributed by atoms with E-state index in [2.05, 4.69) is 10.6 Å². The first-order chi connectivity index (χ1) is 24.4. The highest BCUT2D eigenvalue weighted by Gasteiger charge is 2.36. The molecular weight excluding hydrogens is 624 g/mol. The number of nitrogens with zero attached hydrogens (tertiary/aromatic N) is 2. The molecule has 2 atom stereocenters. The van der Waals surface area contributed by atoms with Crippen molar-refractivity contribution in [1.29, 1.82) is 0 Å². The fourth-order valence-electron chi connectivity index (χ4n) is 6.95. The molecule has 2 heterocycles. The van der Waals surface area contributed by atoms with E-state index < -0.39 is 12.1 Å². The number of rotatable bonds is 10. The lowest BCUT2D eigenvalue weighted by molar-refractivity contribution is -0.120. The molecule has 2 fully saturated rings. The van der Waals surface area contributed by atoms with E-state index >= 15 is 0 Å². The normalized spacial score (nSPS) is 17.2. The average molecular weight is 669 g/mol. The number of hydrogen-bond acceptors (Lipinski definition) is 4. The monoisotopic (exact) mass is 668 g/mol. The van der Waals surface area contributed by atoms with Gasteiger partial charge in [-0.15, -0.1) is 0 Å². The van der Waals surface area contributed by atoms with Crippen LogP contribution in [0.25, 0.3) is 12.2 Å². The summed E-state index contributed by atoms with van der Waals surface area (Å²) in [4.78, 5) is 56.6. The zero-order valence-electron chi connectivity index (χ0n) is 28.7. The molecule has 50 heavy (non-hydrogen) atoms. The highest BCUT2D eigenvalue weighted by Crippen LogP contribution is 2.26. The quantitative estimate of drug-likeness (QED) is 0.171. The van der Waals surface area contributed by atoms with Crippen molar-refractivity contribution in [2.75, 3.05) is 23.7 Å². The number of anilines is 2. The van der Waals surface area contributed by atoms with Gasteiger partial charge in [0.2, 0.25) is 11.8 Å². The Morgan fingerprint density at radius 3 is 1.34 bits per heavy atom. The Labute approximate surface area is 294 Å². The van der Waals surface area contributed by atoms with Gasteiger partial charge >= 0.3 is 0 Å². The smallest absolute Gasteiger partial charge is 0.254 e. The van der Waals surface area contributed by atoms with Gasteiger partial charge in [-0.25, -0.2) is 0 Å². The summed E-state index contributed by atoms with van der Waals surface area (Å²) in [5.74, 6) is -0.516. The summed E-state index contributed by atoms with van der Waals surface area (Å²) >= 11 is 0. The molecule has 8 heteroatoms. The van der Waals surface area contributed by atoms with E-state index in [9.17, 15) is 19.2 Å². The third-order valence-corrected chi connectivity index (χ3v) is 9.71. The number of hydrogen-bond donors (Lipinski definition) is 2. The lowest BCUT2D eigenvalue weighted by Crippen LogP contribution is -2.43. The summed E-state index contributed by atoms with van der Waals surface area (Å²) in [6.07, 6.45) is 8.36. The summed E-state index contributed by atoms with van der Waals surface area (Å²) in [7, 11) is 0. The molecule has 0 aromatic heterocycles. The summed E-state index contributed by atoms with van der Waals surface area (Å²) in [5, 5.41) is 6.00. The molecule has 2 saturated heterocycles. The van der Waals surface area contributed by atoms with Gasteiger partial charge in [0.05, 0.1) is 0 Å². The lowest BCUT2D eigenvalue weighted by Gasteiger charge is -2.25. The number of benzene rings is 4. The second-order valence-corrected chi connectivity index (χ2v) is 12.9. The highest BCUT2D eigenvalue weighted by atomic mass is 16.2. The van der Waals surface area contributed by atoms with E-state index in [0.29, 0.717) is 48.4 Å². The predicted molar refractivity (Wildman–Crippen MR) is 199 cm³/mol. The van der Waals surface area contributed by atoms with Crippen LogP contribution in [0.3, 0.4) is 0 Å². The maximum atomic E-state index is 13.4. The second kappa shape index (κ2) is 15.8. The minimum Gasteiger partial charge on any atom is -0.327 e. The standard InChI is InChI=1S/C42H44N4O4/c1-3-31-11-5-7-13-35(31)41(49)45-27-9-15-37(45)39(47)43-33-23-19-29(20-24-33)17-18-30-21-25-34(26-22-30)44-40(48)38-16-10-28-46(38)42(50)36-14-8-6-12-32(36)4-2/h5-8,11-14,17-26,37-38H,3-4,9-10,15-16,27-28H2,1-2H3,(H,43,47)(H,44,48)/t37-,38-/m0/s1. The van der Waals surface area contributed by atoms with E-state index in [-0.39, 0.29) is 23.6 Å². The van der Waals surface area contributed by atoms with E-state index in [1.165, 1.54) is 0 Å². The van der Waals surface area contributed by atoms with Crippen LogP contribution < -0.4 is 10.6 Å². The predicted octanol–water partition coefficient (Wildman–Crippen LogP) is 7.47. The molecule has 6 rings (SSSR count). The Morgan fingerprint density at radius 2 is 0.960 bits per heavy atom. The van der Waals surface area contributed by atoms with Crippen molar-refractivity contribution in [3.63, 3.8) is 0 Å². The van der Waals surface area contributed by atoms with Crippen LogP contribution in [0, 0.1) is 0 Å². The van der Waals surface area contributed by atoms with Crippen molar-refractivity contribution >= 4 is 47.2 Å². The molecule has 4 aromatic carbocycles. The van der Waals surface area contributed by atoms with E-state index in [1.54, 1.807) is 9.80 Å². The Bertz CT molecular complexity index is 1750. The Hall–Kier alpha value is -5.50. The second-order valence-electron chi connectivity index (χ2n) is 12.9. The third-order valence-electron chi connectivity index (χ3n) is 9.71. The van der Waals surface area contributed by atoms with Gasteiger partial charge in [0.1, 0.15) is 12.1 Å². The number of likely N-dealkylation sites (tertiary alicyclic amines) is 2. The molecule has 2 aliphatic rings. The van der Waals surface area contributed by atoms with Crippen LogP contribution in [0.2, 0.25) is 0 Å². The van der Waals surface area contributed by atoms with Crippen LogP contribution in [0.1, 0.15) is 82.5 Å². The average Bonchev–Trinajstić information content (AvgIpc) is 3.86. The summed E-state index contributed by atoms with van der Waals surface area (Å²) < 4.78 is 0. The SMILES string of the molecule is CCc1ccccc1C(=O)N1CCC[C@H]1C(=O)Nc1ccc(C=Cc2ccc(NC(=O)[C@@H]3CCCN3C(=O)c3ccccc3CC)cc2)cc1. The molecule has 0 saturated carbocycles. The largest absolute Gasteiger partial charge is 0.327 e. The summed E-state index contributed by atoms with van der Waals surface area (Å²) in [5.41, 5.74) is 6.60. The molecule has 0 radical (unpaired) electrons. The summed E-state index contributed by atoms with van der Waals surface area (Å²) in [6.45, 7) is 5.20. The van der Waals surface area contributed by atoms with Crippen LogP contribution in [0.5, 0.6) is 0 Å². The minimum atomic E-state index is -0.498. The van der Waals surface area contributed by atoms with Gasteiger partial charge in [-0.3, -0.25) is 19.2 Å². The van der Waals surface area contributed by atoms with Crippen molar-refractivity contribution in [1.82, 2.24) is 9.80 Å². The Morgan fingerprint density at radius 1 is 0.580 bits per heavy atom. The summed E-state index contributed by atoms with van der Waals surface area (Å²) in [6, 6.07) is 29.4. The van der Waals surface area contributed by atoms with Crippen molar-refractivity contribution in [3.05, 3.63) is 130 Å². The Balaban J connectivity index is 1.02. The molecule has 0 bridgehead atoms. The zero-order valence-corrected chi connectivity index (χ0v) is 28.7. The maximum absolute atomic E-state index is 13.4. The molecule has 4 aromatic rings. The van der Waals surface area contributed by atoms with Gasteiger partial charge in [-0.2, -0.15) is 0 Å². The van der Waals surface area contributed by atoms with Gasteiger partial charge < -0.3 is 20.4 Å². The van der Waals surface area contributed by atoms with Crippen LogP contribution >= 0.6 is 0 Å². The van der Waals surface area contributed by atoms with Crippen LogP contribution in [-0.4, -0.2) is 58.6 Å². The van der Waals surface area contributed by atoms with Crippen LogP contribution in [0.4, 0.5) is 11.4 Å². The van der Waals surface area contributed by atoms with Crippen molar-refractivity contribution < 1.29 is 19.2 Å². The number of carbonyl (C=O) groups is 4. The number of amides is 4. The van der Waals surface area contributed by atoms with Gasteiger partial charge in [-0.1, -0.05) is 86.7 Å². The number of carbonyl (C=O) groups excluding carboxylic acids is 4. The molecular formula is C42H44N4O4. The van der Waals surface area contributed by atoms with Gasteiger partial charge in [0, 0.05) is 35.6 Å². The molecule has 0 aliphatic carbocycles. The van der Waals surface area contributed by atoms with Crippen molar-refractivity contribution in [2.24, 2.45) is 0 Å². The third kappa shape index (κ3) is 7.70. The maximum Gasteiger partial charge on any atom is 0.254 e. The topological polar surface area (TPSA) is 98.8 Å². The molecule has 0 unspecified atom stereocenters. The molecule has 8 nitrogen and oxygen atoms in total. The van der Waals surface area contributed by atoms with E-state index in [4.69, 9.17) is 0 Å². The minimum absolute atomic E-state index is 0.0859. The molecule has 2 N–H and O–H groups in total. The molecule has 0 spiro atoms. The Kier molecular flexibility index (Phi) is 10.9. The van der Waals surface area contributed by atoms with Crippen molar-refractivity contribution in [3.8, 4) is 0 Å². The molecule has 2 aliphatic heterocycles. The van der Waals surface area contributed by atoms with Crippen LogP contribution in [-0.2, 0) is 22.4 Å². The van der Waals surface area contributed by atoms with Gasteiger partial charge in [0.15, 0.2) is 0 Å². The molecule has 256 valence electrons. The van der Waals surface area contributed by atoms with E-state index in [1.807, 2.05) is 123 Å². The lowest BCUT2D eigenvalue weighted by atomic mass is 10.0.